The highest BCUT2D eigenvalue weighted by molar-refractivity contribution is 7.15. The minimum atomic E-state index is -0.512. The van der Waals surface area contributed by atoms with Gasteiger partial charge >= 0.3 is 5.97 Å². The predicted octanol–water partition coefficient (Wildman–Crippen LogP) is 4.90. The Morgan fingerprint density at radius 1 is 1.21 bits per heavy atom. The van der Waals surface area contributed by atoms with Crippen molar-refractivity contribution < 1.29 is 19.1 Å². The fourth-order valence-electron chi connectivity index (χ4n) is 2.56. The lowest BCUT2D eigenvalue weighted by Crippen LogP contribution is -2.15. The Morgan fingerprint density at radius 2 is 1.96 bits per heavy atom. The topological polar surface area (TPSA) is 77.5 Å². The van der Waals surface area contributed by atoms with Crippen LogP contribution in [0.2, 0.25) is 5.15 Å². The maximum absolute atomic E-state index is 12.6. The van der Waals surface area contributed by atoms with Crippen LogP contribution in [-0.2, 0) is 4.74 Å². The number of pyridine rings is 1. The van der Waals surface area contributed by atoms with Gasteiger partial charge in [-0.25, -0.2) is 9.78 Å². The van der Waals surface area contributed by atoms with Gasteiger partial charge in [0.1, 0.15) is 21.5 Å². The quantitative estimate of drug-likeness (QED) is 0.456. The number of ether oxygens (including phenoxy) is 2. The maximum Gasteiger partial charge on any atom is 0.341 e. The number of aromatic nitrogens is 1. The van der Waals surface area contributed by atoms with Gasteiger partial charge in [0, 0.05) is 17.1 Å². The third kappa shape index (κ3) is 4.16. The number of halogens is 1. The molecule has 1 N–H and O–H groups in total. The average molecular weight is 417 g/mol. The van der Waals surface area contributed by atoms with E-state index in [2.05, 4.69) is 10.3 Å². The van der Waals surface area contributed by atoms with Crippen molar-refractivity contribution in [1.82, 2.24) is 4.98 Å². The summed E-state index contributed by atoms with van der Waals surface area (Å²) in [6.45, 7) is 1.95. The molecule has 0 aliphatic carbocycles. The molecule has 2 aromatic heterocycles. The zero-order valence-electron chi connectivity index (χ0n) is 15.2. The largest absolute Gasteiger partial charge is 0.497 e. The second kappa shape index (κ2) is 8.86. The third-order valence-corrected chi connectivity index (χ3v) is 5.10. The van der Waals surface area contributed by atoms with E-state index in [-0.39, 0.29) is 17.3 Å². The number of nitrogens with one attached hydrogen (secondary N) is 1. The first-order valence-corrected chi connectivity index (χ1v) is 9.65. The van der Waals surface area contributed by atoms with Crippen molar-refractivity contribution in [1.29, 1.82) is 0 Å². The molecule has 0 saturated heterocycles. The van der Waals surface area contributed by atoms with Gasteiger partial charge in [0.25, 0.3) is 5.91 Å². The van der Waals surface area contributed by atoms with Gasteiger partial charge in [-0.05, 0) is 36.8 Å². The SMILES string of the molecule is CCOC(=O)c1c(-c2ccc(OC)cc2)csc1NC(=O)c1cccnc1Cl. The number of carbonyl (C=O) groups is 2. The lowest BCUT2D eigenvalue weighted by molar-refractivity contribution is 0.0529. The van der Waals surface area contributed by atoms with E-state index in [4.69, 9.17) is 21.1 Å². The summed E-state index contributed by atoms with van der Waals surface area (Å²) < 4.78 is 10.4. The van der Waals surface area contributed by atoms with Gasteiger partial charge in [-0.1, -0.05) is 23.7 Å². The number of amides is 1. The van der Waals surface area contributed by atoms with Crippen molar-refractivity contribution >= 4 is 39.8 Å². The molecule has 8 heteroatoms. The second-order valence-corrected chi connectivity index (χ2v) is 6.84. The standard InChI is InChI=1S/C20H17ClN2O4S/c1-3-27-20(25)16-15(12-6-8-13(26-2)9-7-12)11-28-19(16)23-18(24)14-5-4-10-22-17(14)21/h4-11H,3H2,1-2H3,(H,23,24). The van der Waals surface area contributed by atoms with Gasteiger partial charge in [-0.3, -0.25) is 4.79 Å². The molecule has 3 rings (SSSR count). The molecule has 0 atom stereocenters. The molecule has 1 amide bonds. The summed E-state index contributed by atoms with van der Waals surface area (Å²) in [6.07, 6.45) is 1.50. The summed E-state index contributed by atoms with van der Waals surface area (Å²) in [5.74, 6) is -0.259. The monoisotopic (exact) mass is 416 g/mol. The molecule has 0 saturated carbocycles. The van der Waals surface area contributed by atoms with E-state index in [1.807, 2.05) is 12.1 Å². The number of benzene rings is 1. The van der Waals surface area contributed by atoms with E-state index < -0.39 is 11.9 Å². The molecule has 2 heterocycles. The zero-order valence-corrected chi connectivity index (χ0v) is 16.8. The average Bonchev–Trinajstić information content (AvgIpc) is 3.12. The Morgan fingerprint density at radius 3 is 2.61 bits per heavy atom. The van der Waals surface area contributed by atoms with Crippen LogP contribution >= 0.6 is 22.9 Å². The van der Waals surface area contributed by atoms with Crippen molar-refractivity contribution in [2.45, 2.75) is 6.92 Å². The number of esters is 1. The normalized spacial score (nSPS) is 10.4. The van der Waals surface area contributed by atoms with Crippen molar-refractivity contribution in [3.63, 3.8) is 0 Å². The first kappa shape index (κ1) is 19.9. The van der Waals surface area contributed by atoms with Crippen molar-refractivity contribution in [2.24, 2.45) is 0 Å². The van der Waals surface area contributed by atoms with Gasteiger partial charge in [0.05, 0.1) is 19.3 Å². The fourth-order valence-corrected chi connectivity index (χ4v) is 3.72. The number of thiophene rings is 1. The summed E-state index contributed by atoms with van der Waals surface area (Å²) in [7, 11) is 1.58. The Hall–Kier alpha value is -2.90. The van der Waals surface area contributed by atoms with E-state index in [1.54, 1.807) is 43.7 Å². The van der Waals surface area contributed by atoms with Gasteiger partial charge in [-0.2, -0.15) is 0 Å². The Kier molecular flexibility index (Phi) is 6.28. The first-order chi connectivity index (χ1) is 13.5. The molecule has 0 unspecified atom stereocenters. The lowest BCUT2D eigenvalue weighted by atomic mass is 10.0. The molecule has 6 nitrogen and oxygen atoms in total. The Labute approximate surface area is 171 Å². The van der Waals surface area contributed by atoms with E-state index in [1.165, 1.54) is 17.5 Å². The summed E-state index contributed by atoms with van der Waals surface area (Å²) in [4.78, 5) is 29.1. The van der Waals surface area contributed by atoms with E-state index in [0.717, 1.165) is 5.56 Å². The van der Waals surface area contributed by atoms with Crippen LogP contribution < -0.4 is 10.1 Å². The lowest BCUT2D eigenvalue weighted by Gasteiger charge is -2.09. The molecular formula is C20H17ClN2O4S. The molecule has 3 aromatic rings. The number of carbonyl (C=O) groups excluding carboxylic acids is 2. The molecule has 0 radical (unpaired) electrons. The third-order valence-electron chi connectivity index (χ3n) is 3.90. The molecule has 144 valence electrons. The Balaban J connectivity index is 1.99. The molecule has 1 aromatic carbocycles. The minimum absolute atomic E-state index is 0.0876. The van der Waals surface area contributed by atoms with Crippen LogP contribution in [0, 0.1) is 0 Å². The highest BCUT2D eigenvalue weighted by Crippen LogP contribution is 2.37. The highest BCUT2D eigenvalue weighted by Gasteiger charge is 2.23. The van der Waals surface area contributed by atoms with E-state index >= 15 is 0 Å². The predicted molar refractivity (Wildman–Crippen MR) is 109 cm³/mol. The summed E-state index contributed by atoms with van der Waals surface area (Å²) in [5, 5.41) is 5.02. The number of methoxy groups -OCH3 is 1. The van der Waals surface area contributed by atoms with Gasteiger partial charge in [0.15, 0.2) is 0 Å². The number of hydrogen-bond donors (Lipinski definition) is 1. The van der Waals surface area contributed by atoms with Crippen molar-refractivity contribution in [3.8, 4) is 16.9 Å². The minimum Gasteiger partial charge on any atom is -0.497 e. The van der Waals surface area contributed by atoms with Crippen molar-refractivity contribution in [2.75, 3.05) is 19.0 Å². The van der Waals surface area contributed by atoms with Crippen molar-refractivity contribution in [3.05, 3.63) is 64.3 Å². The van der Waals surface area contributed by atoms with Crippen LogP contribution in [0.4, 0.5) is 5.00 Å². The highest BCUT2D eigenvalue weighted by atomic mass is 35.5. The van der Waals surface area contributed by atoms with Crippen LogP contribution in [0.15, 0.2) is 48.0 Å². The van der Waals surface area contributed by atoms with E-state index in [0.29, 0.717) is 21.9 Å². The van der Waals surface area contributed by atoms with Gasteiger partial charge in [-0.15, -0.1) is 11.3 Å². The molecule has 0 bridgehead atoms. The van der Waals surface area contributed by atoms with Crippen LogP contribution in [-0.4, -0.2) is 30.6 Å². The Bertz CT molecular complexity index is 1000. The van der Waals surface area contributed by atoms with Crippen LogP contribution in [0.1, 0.15) is 27.6 Å². The van der Waals surface area contributed by atoms with Gasteiger partial charge < -0.3 is 14.8 Å². The number of hydrogen-bond acceptors (Lipinski definition) is 6. The number of anilines is 1. The first-order valence-electron chi connectivity index (χ1n) is 8.40. The molecule has 0 spiro atoms. The van der Waals surface area contributed by atoms with E-state index in [9.17, 15) is 9.59 Å². The number of nitrogens with zero attached hydrogens (tertiary/aromatic N) is 1. The summed E-state index contributed by atoms with van der Waals surface area (Å²) >= 11 is 7.23. The maximum atomic E-state index is 12.6. The summed E-state index contributed by atoms with van der Waals surface area (Å²) in [6, 6.07) is 10.5. The molecule has 0 fully saturated rings. The number of rotatable bonds is 6. The smallest absolute Gasteiger partial charge is 0.341 e. The molecule has 0 aliphatic heterocycles. The second-order valence-electron chi connectivity index (χ2n) is 5.60. The molecular weight excluding hydrogens is 400 g/mol. The van der Waals surface area contributed by atoms with Crippen LogP contribution in [0.25, 0.3) is 11.1 Å². The fraction of sp³-hybridized carbons (Fsp3) is 0.150. The van der Waals surface area contributed by atoms with Crippen LogP contribution in [0.5, 0.6) is 5.75 Å². The van der Waals surface area contributed by atoms with Gasteiger partial charge in [0.2, 0.25) is 0 Å². The molecule has 28 heavy (non-hydrogen) atoms. The summed E-state index contributed by atoms with van der Waals surface area (Å²) in [5.41, 5.74) is 1.99. The molecule has 0 aliphatic rings. The zero-order chi connectivity index (χ0) is 20.1. The van der Waals surface area contributed by atoms with Crippen LogP contribution in [0.3, 0.4) is 0 Å².